The Morgan fingerprint density at radius 3 is 2.50 bits per heavy atom. The number of hydrogen-bond acceptors (Lipinski definition) is 5. The maximum atomic E-state index is 12.4. The molecule has 1 heterocycles. The van der Waals surface area contributed by atoms with E-state index in [1.165, 1.54) is 18.5 Å². The number of nitrogens with zero attached hydrogens (tertiary/aromatic N) is 2. The van der Waals surface area contributed by atoms with Crippen molar-refractivity contribution in [3.63, 3.8) is 0 Å². The van der Waals surface area contributed by atoms with Gasteiger partial charge in [0.25, 0.3) is 10.0 Å². The Morgan fingerprint density at radius 1 is 1.20 bits per heavy atom. The molecule has 2 aromatic rings. The van der Waals surface area contributed by atoms with Crippen LogP contribution in [0.4, 0.5) is 11.5 Å². The fraction of sp³-hybridized carbons (Fsp3) is 0.167. The molecule has 0 aliphatic carbocycles. The van der Waals surface area contributed by atoms with Crippen LogP contribution in [0.25, 0.3) is 0 Å². The molecule has 0 saturated heterocycles. The molecule has 0 amide bonds. The fourth-order valence-electron chi connectivity index (χ4n) is 1.69. The summed E-state index contributed by atoms with van der Waals surface area (Å²) in [7, 11) is -3.75. The topological polar surface area (TPSA) is 98.0 Å². The van der Waals surface area contributed by atoms with E-state index in [0.717, 1.165) is 5.56 Å². The third-order valence-electron chi connectivity index (χ3n) is 2.79. The molecular formula is C12H13BrN4O2S. The quantitative estimate of drug-likeness (QED) is 0.821. The van der Waals surface area contributed by atoms with Gasteiger partial charge in [0.05, 0.1) is 17.3 Å². The summed E-state index contributed by atoms with van der Waals surface area (Å²) < 4.78 is 27.6. The number of aromatic nitrogens is 2. The zero-order valence-corrected chi connectivity index (χ0v) is 13.3. The molecule has 0 bridgehead atoms. The van der Waals surface area contributed by atoms with Gasteiger partial charge in [-0.05, 0) is 53.0 Å². The highest BCUT2D eigenvalue weighted by molar-refractivity contribution is 9.10. The van der Waals surface area contributed by atoms with Gasteiger partial charge in [-0.15, -0.1) is 0 Å². The predicted molar refractivity (Wildman–Crippen MR) is 80.9 cm³/mol. The van der Waals surface area contributed by atoms with Crippen LogP contribution in [0.5, 0.6) is 0 Å². The third-order valence-corrected chi connectivity index (χ3v) is 4.68. The van der Waals surface area contributed by atoms with E-state index >= 15 is 0 Å². The van der Waals surface area contributed by atoms with E-state index in [-0.39, 0.29) is 10.7 Å². The van der Waals surface area contributed by atoms with Gasteiger partial charge in [-0.3, -0.25) is 4.72 Å². The summed E-state index contributed by atoms with van der Waals surface area (Å²) in [5.74, 6) is 0.146. The summed E-state index contributed by atoms with van der Waals surface area (Å²) in [5.41, 5.74) is 7.57. The minimum absolute atomic E-state index is 0.139. The number of rotatable bonds is 3. The Kier molecular flexibility index (Phi) is 3.96. The lowest BCUT2D eigenvalue weighted by atomic mass is 10.1. The maximum absolute atomic E-state index is 12.4. The Morgan fingerprint density at radius 2 is 1.90 bits per heavy atom. The van der Waals surface area contributed by atoms with Crippen molar-refractivity contribution in [3.05, 3.63) is 40.3 Å². The molecule has 20 heavy (non-hydrogen) atoms. The van der Waals surface area contributed by atoms with Crippen LogP contribution in [-0.4, -0.2) is 18.4 Å². The van der Waals surface area contributed by atoms with E-state index in [1.807, 2.05) is 6.92 Å². The Labute approximate surface area is 125 Å². The van der Waals surface area contributed by atoms with Crippen LogP contribution in [0.1, 0.15) is 11.1 Å². The lowest BCUT2D eigenvalue weighted by molar-refractivity contribution is 0.600. The van der Waals surface area contributed by atoms with E-state index in [4.69, 9.17) is 5.73 Å². The van der Waals surface area contributed by atoms with Crippen LogP contribution in [0.15, 0.2) is 34.0 Å². The molecule has 1 aromatic carbocycles. The van der Waals surface area contributed by atoms with Crippen LogP contribution in [0.3, 0.4) is 0 Å². The number of nitrogen functional groups attached to an aromatic ring is 1. The van der Waals surface area contributed by atoms with E-state index in [0.29, 0.717) is 15.9 Å². The molecule has 0 aliphatic heterocycles. The lowest BCUT2D eigenvalue weighted by Gasteiger charge is -2.12. The second kappa shape index (κ2) is 5.37. The van der Waals surface area contributed by atoms with Crippen LogP contribution >= 0.6 is 15.9 Å². The molecule has 1 aromatic heterocycles. The van der Waals surface area contributed by atoms with Crippen LogP contribution < -0.4 is 10.5 Å². The van der Waals surface area contributed by atoms with Crippen molar-refractivity contribution in [3.8, 4) is 0 Å². The summed E-state index contributed by atoms with van der Waals surface area (Å²) in [4.78, 5) is 7.99. The molecule has 3 N–H and O–H groups in total. The highest BCUT2D eigenvalue weighted by Crippen LogP contribution is 2.24. The molecule has 0 atom stereocenters. The van der Waals surface area contributed by atoms with Gasteiger partial charge < -0.3 is 5.73 Å². The smallest absolute Gasteiger partial charge is 0.263 e. The van der Waals surface area contributed by atoms with Crippen molar-refractivity contribution in [2.45, 2.75) is 18.7 Å². The first-order valence-electron chi connectivity index (χ1n) is 5.66. The molecule has 0 radical (unpaired) electrons. The van der Waals surface area contributed by atoms with Gasteiger partial charge in [0.15, 0.2) is 5.82 Å². The SMILES string of the molecule is Cc1cc(N)cc(S(=O)(=O)Nc2cnc(Br)cn2)c1C. The van der Waals surface area contributed by atoms with Crippen molar-refractivity contribution in [2.75, 3.05) is 10.5 Å². The number of nitrogens with one attached hydrogen (secondary N) is 1. The van der Waals surface area contributed by atoms with Crippen molar-refractivity contribution in [1.29, 1.82) is 0 Å². The van der Waals surface area contributed by atoms with Crippen molar-refractivity contribution < 1.29 is 8.42 Å². The average molecular weight is 357 g/mol. The number of sulfonamides is 1. The van der Waals surface area contributed by atoms with Crippen LogP contribution in [-0.2, 0) is 10.0 Å². The molecule has 8 heteroatoms. The Bertz CT molecular complexity index is 745. The highest BCUT2D eigenvalue weighted by atomic mass is 79.9. The first-order chi connectivity index (χ1) is 9.29. The number of benzene rings is 1. The second-order valence-electron chi connectivity index (χ2n) is 4.29. The van der Waals surface area contributed by atoms with Crippen molar-refractivity contribution in [1.82, 2.24) is 9.97 Å². The summed E-state index contributed by atoms with van der Waals surface area (Å²) in [6.45, 7) is 3.54. The molecule has 0 aliphatic rings. The molecule has 0 spiro atoms. The van der Waals surface area contributed by atoms with E-state index in [9.17, 15) is 8.42 Å². The van der Waals surface area contributed by atoms with Gasteiger partial charge in [0.1, 0.15) is 4.60 Å². The molecule has 0 saturated carbocycles. The highest BCUT2D eigenvalue weighted by Gasteiger charge is 2.19. The van der Waals surface area contributed by atoms with Crippen LogP contribution in [0.2, 0.25) is 0 Å². The predicted octanol–water partition coefficient (Wildman–Crippen LogP) is 2.24. The zero-order valence-electron chi connectivity index (χ0n) is 10.9. The summed E-state index contributed by atoms with van der Waals surface area (Å²) in [6.07, 6.45) is 2.74. The van der Waals surface area contributed by atoms with Gasteiger partial charge in [-0.25, -0.2) is 18.4 Å². The van der Waals surface area contributed by atoms with Gasteiger partial charge >= 0.3 is 0 Å². The third kappa shape index (κ3) is 3.07. The first kappa shape index (κ1) is 14.7. The summed E-state index contributed by atoms with van der Waals surface area (Å²) in [6, 6.07) is 3.16. The van der Waals surface area contributed by atoms with Crippen molar-refractivity contribution in [2.24, 2.45) is 0 Å². The first-order valence-corrected chi connectivity index (χ1v) is 7.94. The molecular weight excluding hydrogens is 344 g/mol. The van der Waals surface area contributed by atoms with Gasteiger partial charge in [0, 0.05) is 5.69 Å². The Hall–Kier alpha value is -1.67. The monoisotopic (exact) mass is 356 g/mol. The average Bonchev–Trinajstić information content (AvgIpc) is 2.36. The second-order valence-corrected chi connectivity index (χ2v) is 6.75. The minimum Gasteiger partial charge on any atom is -0.399 e. The largest absolute Gasteiger partial charge is 0.399 e. The number of hydrogen-bond donors (Lipinski definition) is 2. The maximum Gasteiger partial charge on any atom is 0.263 e. The lowest BCUT2D eigenvalue weighted by Crippen LogP contribution is -2.16. The number of anilines is 2. The molecule has 2 rings (SSSR count). The van der Waals surface area contributed by atoms with E-state index in [2.05, 4.69) is 30.6 Å². The number of aryl methyl sites for hydroxylation is 1. The summed E-state index contributed by atoms with van der Waals surface area (Å²) >= 11 is 3.13. The minimum atomic E-state index is -3.75. The normalized spacial score (nSPS) is 11.3. The summed E-state index contributed by atoms with van der Waals surface area (Å²) in [5, 5.41) is 0. The van der Waals surface area contributed by atoms with Gasteiger partial charge in [-0.2, -0.15) is 0 Å². The van der Waals surface area contributed by atoms with Gasteiger partial charge in [-0.1, -0.05) is 0 Å². The van der Waals surface area contributed by atoms with E-state index < -0.39 is 10.0 Å². The van der Waals surface area contributed by atoms with Gasteiger partial charge in [0.2, 0.25) is 0 Å². The van der Waals surface area contributed by atoms with Crippen molar-refractivity contribution >= 4 is 37.5 Å². The number of nitrogens with two attached hydrogens (primary N) is 1. The molecule has 0 unspecified atom stereocenters. The van der Waals surface area contributed by atoms with E-state index in [1.54, 1.807) is 13.0 Å². The zero-order chi connectivity index (χ0) is 14.9. The Balaban J connectivity index is 2.43. The standard InChI is InChI=1S/C12H13BrN4O2S/c1-7-3-9(14)4-10(8(7)2)20(18,19)17-12-6-15-11(13)5-16-12/h3-6H,14H2,1-2H3,(H,16,17). The number of halogens is 1. The molecule has 106 valence electrons. The van der Waals surface area contributed by atoms with Crippen LogP contribution in [0, 0.1) is 13.8 Å². The molecule has 6 nitrogen and oxygen atoms in total. The molecule has 0 fully saturated rings. The fourth-order valence-corrected chi connectivity index (χ4v) is 3.24.